The Labute approximate surface area is 237 Å². The third-order valence-corrected chi connectivity index (χ3v) is 7.43. The van der Waals surface area contributed by atoms with E-state index in [9.17, 15) is 9.90 Å². The number of rotatable bonds is 7. The van der Waals surface area contributed by atoms with E-state index in [1.165, 1.54) is 0 Å². The molecule has 1 aliphatic rings. The number of aromatic hydroxyl groups is 1. The molecule has 0 radical (unpaired) electrons. The summed E-state index contributed by atoms with van der Waals surface area (Å²) in [6.45, 7) is 0.369. The zero-order valence-corrected chi connectivity index (χ0v) is 23.1. The Balaban J connectivity index is 1.55. The van der Waals surface area contributed by atoms with Crippen LogP contribution in [0.2, 0.25) is 10.0 Å². The lowest BCUT2D eigenvalue weighted by Crippen LogP contribution is -2.27. The Kier molecular flexibility index (Phi) is 8.24. The quantitative estimate of drug-likeness (QED) is 0.235. The van der Waals surface area contributed by atoms with Crippen molar-refractivity contribution in [3.05, 3.63) is 105 Å². The maximum absolute atomic E-state index is 13.5. The van der Waals surface area contributed by atoms with Gasteiger partial charge in [-0.1, -0.05) is 53.5 Å². The molecular weight excluding hydrogens is 533 g/mol. The number of phenols is 1. The van der Waals surface area contributed by atoms with Crippen molar-refractivity contribution < 1.29 is 14.6 Å². The Morgan fingerprint density at radius 1 is 1.08 bits per heavy atom. The molecule has 200 valence electrons. The van der Waals surface area contributed by atoms with Crippen molar-refractivity contribution in [2.45, 2.75) is 32.1 Å². The molecule has 0 saturated carbocycles. The van der Waals surface area contributed by atoms with Gasteiger partial charge in [-0.2, -0.15) is 5.10 Å². The number of carbonyl (C=O) groups excluding carboxylic acids is 1. The fourth-order valence-electron chi connectivity index (χ4n) is 4.92. The molecule has 3 aromatic carbocycles. The summed E-state index contributed by atoms with van der Waals surface area (Å²) in [6.07, 6.45) is 6.13. The number of halogens is 2. The van der Waals surface area contributed by atoms with E-state index in [4.69, 9.17) is 33.0 Å². The average Bonchev–Trinajstić information content (AvgIpc) is 3.18. The summed E-state index contributed by atoms with van der Waals surface area (Å²) in [5.41, 5.74) is 5.72. The van der Waals surface area contributed by atoms with E-state index in [1.54, 1.807) is 36.1 Å². The summed E-state index contributed by atoms with van der Waals surface area (Å²) in [5.74, 6) is 0.756. The molecule has 1 aliphatic carbocycles. The predicted molar refractivity (Wildman–Crippen MR) is 156 cm³/mol. The molecule has 8 heteroatoms. The van der Waals surface area contributed by atoms with Gasteiger partial charge in [0.25, 0.3) is 5.91 Å². The van der Waals surface area contributed by atoms with Crippen LogP contribution < -0.4 is 10.1 Å². The third-order valence-electron chi connectivity index (χ3n) is 6.89. The van der Waals surface area contributed by atoms with Crippen molar-refractivity contribution in [2.24, 2.45) is 0 Å². The second-order valence-corrected chi connectivity index (χ2v) is 10.3. The van der Waals surface area contributed by atoms with Gasteiger partial charge in [-0.3, -0.25) is 4.79 Å². The van der Waals surface area contributed by atoms with Gasteiger partial charge in [0, 0.05) is 17.1 Å². The molecule has 0 fully saturated rings. The standard InChI is InChI=1S/C31H29Cl2N3O3/c1-39-24-13-10-20(11-14-24)18-22-7-2-4-8-25-29(31(38)34-17-16-21-6-3-5-9-28(21)37)35-36(30(22)25)27-15-12-23(32)19-26(27)33/h3,5-6,9-15,18-19,37H,2,4,7-8,16-17H2,1H3,(H,34,38)/b22-18+. The van der Waals surface area contributed by atoms with E-state index in [0.29, 0.717) is 34.4 Å². The number of phenolic OH excluding ortho intramolecular Hbond substituents is 1. The largest absolute Gasteiger partial charge is 0.508 e. The lowest BCUT2D eigenvalue weighted by atomic mass is 10.0. The van der Waals surface area contributed by atoms with Crippen LogP contribution in [0.1, 0.15) is 52.1 Å². The number of carbonyl (C=O) groups is 1. The number of hydrogen-bond acceptors (Lipinski definition) is 4. The minimum Gasteiger partial charge on any atom is -0.508 e. The molecule has 4 aromatic rings. The van der Waals surface area contributed by atoms with Crippen LogP contribution in [0.5, 0.6) is 11.5 Å². The first-order valence-electron chi connectivity index (χ1n) is 12.9. The van der Waals surface area contributed by atoms with E-state index in [-0.39, 0.29) is 11.7 Å². The van der Waals surface area contributed by atoms with Crippen molar-refractivity contribution in [1.29, 1.82) is 0 Å². The SMILES string of the molecule is COc1ccc(/C=C2\CCCCc3c(C(=O)NCCc4ccccc4O)nn(-c4ccc(Cl)cc4Cl)c32)cc1. The van der Waals surface area contributed by atoms with Crippen LogP contribution in [0.3, 0.4) is 0 Å². The summed E-state index contributed by atoms with van der Waals surface area (Å²) < 4.78 is 7.10. The molecule has 0 saturated heterocycles. The van der Waals surface area contributed by atoms with Gasteiger partial charge in [0.2, 0.25) is 0 Å². The molecule has 6 nitrogen and oxygen atoms in total. The highest BCUT2D eigenvalue weighted by Gasteiger charge is 2.28. The monoisotopic (exact) mass is 561 g/mol. The van der Waals surface area contributed by atoms with Crippen molar-refractivity contribution in [3.8, 4) is 17.2 Å². The number of nitrogens with one attached hydrogen (secondary N) is 1. The molecule has 0 spiro atoms. The fraction of sp³-hybridized carbons (Fsp3) is 0.226. The smallest absolute Gasteiger partial charge is 0.272 e. The highest BCUT2D eigenvalue weighted by atomic mass is 35.5. The van der Waals surface area contributed by atoms with Crippen LogP contribution in [0, 0.1) is 0 Å². The Morgan fingerprint density at radius 2 is 1.85 bits per heavy atom. The first-order chi connectivity index (χ1) is 18.9. The van der Waals surface area contributed by atoms with Crippen LogP contribution in [0.25, 0.3) is 17.3 Å². The Morgan fingerprint density at radius 3 is 2.59 bits per heavy atom. The lowest BCUT2D eigenvalue weighted by molar-refractivity contribution is 0.0947. The van der Waals surface area contributed by atoms with E-state index in [0.717, 1.165) is 59.4 Å². The van der Waals surface area contributed by atoms with Crippen LogP contribution >= 0.6 is 23.2 Å². The average molecular weight is 562 g/mol. The second kappa shape index (κ2) is 12.0. The molecule has 0 atom stereocenters. The summed E-state index contributed by atoms with van der Waals surface area (Å²) in [7, 11) is 1.65. The molecule has 39 heavy (non-hydrogen) atoms. The number of nitrogens with zero attached hydrogens (tertiary/aromatic N) is 2. The van der Waals surface area contributed by atoms with E-state index in [1.807, 2.05) is 42.5 Å². The summed E-state index contributed by atoms with van der Waals surface area (Å²) in [6, 6.07) is 20.3. The molecule has 1 heterocycles. The van der Waals surface area contributed by atoms with Crippen molar-refractivity contribution >= 4 is 40.8 Å². The Bertz CT molecular complexity index is 1530. The van der Waals surface area contributed by atoms with Crippen molar-refractivity contribution in [1.82, 2.24) is 15.1 Å². The van der Waals surface area contributed by atoms with Gasteiger partial charge in [-0.15, -0.1) is 0 Å². The van der Waals surface area contributed by atoms with Gasteiger partial charge in [0.15, 0.2) is 5.69 Å². The molecular formula is C31H29Cl2N3O3. The molecule has 1 aromatic heterocycles. The maximum Gasteiger partial charge on any atom is 0.272 e. The number of hydrogen-bond donors (Lipinski definition) is 2. The minimum atomic E-state index is -0.254. The van der Waals surface area contributed by atoms with Crippen LogP contribution in [0.15, 0.2) is 66.7 Å². The fourth-order valence-corrected chi connectivity index (χ4v) is 5.41. The van der Waals surface area contributed by atoms with Gasteiger partial charge >= 0.3 is 0 Å². The molecule has 0 unspecified atom stereocenters. The number of benzene rings is 3. The lowest BCUT2D eigenvalue weighted by Gasteiger charge is -2.13. The predicted octanol–water partition coefficient (Wildman–Crippen LogP) is 7.13. The minimum absolute atomic E-state index is 0.218. The third kappa shape index (κ3) is 5.97. The van der Waals surface area contributed by atoms with Crippen molar-refractivity contribution in [2.75, 3.05) is 13.7 Å². The number of amides is 1. The number of ether oxygens (including phenoxy) is 1. The molecule has 2 N–H and O–H groups in total. The van der Waals surface area contributed by atoms with Gasteiger partial charge in [-0.25, -0.2) is 4.68 Å². The van der Waals surface area contributed by atoms with Crippen LogP contribution in [-0.2, 0) is 12.8 Å². The molecule has 0 aliphatic heterocycles. The van der Waals surface area contributed by atoms with E-state index < -0.39 is 0 Å². The number of methoxy groups -OCH3 is 1. The highest BCUT2D eigenvalue weighted by molar-refractivity contribution is 6.35. The zero-order valence-electron chi connectivity index (χ0n) is 21.6. The van der Waals surface area contributed by atoms with E-state index in [2.05, 4.69) is 11.4 Å². The number of fused-ring (bicyclic) bond motifs is 1. The maximum atomic E-state index is 13.5. The number of allylic oxidation sites excluding steroid dienone is 1. The van der Waals surface area contributed by atoms with Gasteiger partial charge in [0.05, 0.1) is 23.5 Å². The van der Waals surface area contributed by atoms with Gasteiger partial charge in [0.1, 0.15) is 11.5 Å². The highest BCUT2D eigenvalue weighted by Crippen LogP contribution is 2.37. The van der Waals surface area contributed by atoms with Crippen LogP contribution in [0.4, 0.5) is 0 Å². The molecule has 5 rings (SSSR count). The molecule has 1 amide bonds. The van der Waals surface area contributed by atoms with Crippen LogP contribution in [-0.4, -0.2) is 34.4 Å². The summed E-state index contributed by atoms with van der Waals surface area (Å²) in [5, 5.41) is 18.9. The summed E-state index contributed by atoms with van der Waals surface area (Å²) in [4.78, 5) is 13.5. The number of aromatic nitrogens is 2. The summed E-state index contributed by atoms with van der Waals surface area (Å²) >= 11 is 12.8. The molecule has 0 bridgehead atoms. The normalized spacial score (nSPS) is 14.1. The first-order valence-corrected chi connectivity index (χ1v) is 13.7. The zero-order chi connectivity index (χ0) is 27.4. The number of para-hydroxylation sites is 1. The van der Waals surface area contributed by atoms with E-state index >= 15 is 0 Å². The second-order valence-electron chi connectivity index (χ2n) is 9.47. The van der Waals surface area contributed by atoms with Gasteiger partial charge < -0.3 is 15.2 Å². The Hall–Kier alpha value is -3.74. The first kappa shape index (κ1) is 26.9. The topological polar surface area (TPSA) is 76.4 Å². The van der Waals surface area contributed by atoms with Crippen molar-refractivity contribution in [3.63, 3.8) is 0 Å². The van der Waals surface area contributed by atoms with Gasteiger partial charge in [-0.05, 0) is 91.3 Å².